The van der Waals surface area contributed by atoms with Crippen molar-refractivity contribution in [3.8, 4) is 0 Å². The normalized spacial score (nSPS) is 12.0. The molecule has 0 heterocycles. The Hall–Kier alpha value is -3.56. The number of likely N-dealkylation sites (N-methyl/N-ethyl adjacent to an activating group) is 1. The first-order valence-electron chi connectivity index (χ1n) is 14.3. The van der Waals surface area contributed by atoms with Crippen LogP contribution in [0.15, 0.2) is 95.9 Å². The average Bonchev–Trinajstić information content (AvgIpc) is 3.01. The van der Waals surface area contributed by atoms with Gasteiger partial charge in [0.05, 0.1) is 10.6 Å². The standard InChI is InChI=1S/C34H34Cl3N3O4S/c1-4-38-34(42)32(19-25-9-6-5-7-10-25)39(21-28-29(36)11-8-12-30(28)37)33(41)22-40(31-20-26(35)16-15-24(31)3)45(43,44)27-17-13-23(2)14-18-27/h5-18,20,32H,4,19,21-22H2,1-3H3,(H,38,42)/t32-/m0/s1. The molecule has 4 aromatic carbocycles. The highest BCUT2D eigenvalue weighted by Gasteiger charge is 2.35. The third-order valence-corrected chi connectivity index (χ3v) is 10.1. The summed E-state index contributed by atoms with van der Waals surface area (Å²) < 4.78 is 29.5. The molecule has 0 bridgehead atoms. The van der Waals surface area contributed by atoms with Gasteiger partial charge in [-0.2, -0.15) is 0 Å². The number of carbonyl (C=O) groups is 2. The van der Waals surface area contributed by atoms with Gasteiger partial charge in [0.2, 0.25) is 11.8 Å². The number of hydrogen-bond donors (Lipinski definition) is 1. The lowest BCUT2D eigenvalue weighted by Gasteiger charge is -2.34. The maximum atomic E-state index is 14.5. The molecular weight excluding hydrogens is 653 g/mol. The Balaban J connectivity index is 1.86. The van der Waals surface area contributed by atoms with Crippen LogP contribution in [0.4, 0.5) is 5.69 Å². The third-order valence-electron chi connectivity index (χ3n) is 7.34. The van der Waals surface area contributed by atoms with Crippen LogP contribution in [0, 0.1) is 13.8 Å². The monoisotopic (exact) mass is 685 g/mol. The molecule has 7 nitrogen and oxygen atoms in total. The van der Waals surface area contributed by atoms with E-state index >= 15 is 0 Å². The van der Waals surface area contributed by atoms with E-state index in [0.29, 0.717) is 32.7 Å². The minimum atomic E-state index is -4.27. The number of halogens is 3. The van der Waals surface area contributed by atoms with Crippen LogP contribution < -0.4 is 9.62 Å². The molecule has 0 aromatic heterocycles. The van der Waals surface area contributed by atoms with Crippen LogP contribution in [-0.4, -0.2) is 44.3 Å². The van der Waals surface area contributed by atoms with E-state index in [2.05, 4.69) is 5.32 Å². The zero-order chi connectivity index (χ0) is 32.7. The van der Waals surface area contributed by atoms with Crippen molar-refractivity contribution in [2.75, 3.05) is 17.4 Å². The summed E-state index contributed by atoms with van der Waals surface area (Å²) in [4.78, 5) is 29.5. The van der Waals surface area contributed by atoms with Crippen molar-refractivity contribution in [2.45, 2.75) is 44.7 Å². The molecule has 0 aliphatic rings. The lowest BCUT2D eigenvalue weighted by Crippen LogP contribution is -2.53. The van der Waals surface area contributed by atoms with Crippen LogP contribution >= 0.6 is 34.8 Å². The van der Waals surface area contributed by atoms with E-state index < -0.39 is 34.4 Å². The highest BCUT2D eigenvalue weighted by Crippen LogP contribution is 2.31. The van der Waals surface area contributed by atoms with Gasteiger partial charge in [-0.25, -0.2) is 8.42 Å². The molecule has 1 N–H and O–H groups in total. The van der Waals surface area contributed by atoms with E-state index in [9.17, 15) is 18.0 Å². The zero-order valence-corrected chi connectivity index (χ0v) is 28.2. The molecule has 0 spiro atoms. The molecule has 45 heavy (non-hydrogen) atoms. The molecule has 4 aromatic rings. The molecule has 0 aliphatic carbocycles. The summed E-state index contributed by atoms with van der Waals surface area (Å²) >= 11 is 19.4. The lowest BCUT2D eigenvalue weighted by molar-refractivity contribution is -0.140. The van der Waals surface area contributed by atoms with Gasteiger partial charge < -0.3 is 10.2 Å². The summed E-state index contributed by atoms with van der Waals surface area (Å²) in [6, 6.07) is 24.5. The number of anilines is 1. The van der Waals surface area contributed by atoms with E-state index in [1.807, 2.05) is 37.3 Å². The summed E-state index contributed by atoms with van der Waals surface area (Å²) in [6.45, 7) is 4.94. The Kier molecular flexibility index (Phi) is 11.6. The number of nitrogens with zero attached hydrogens (tertiary/aromatic N) is 2. The van der Waals surface area contributed by atoms with Gasteiger partial charge >= 0.3 is 0 Å². The molecule has 11 heteroatoms. The van der Waals surface area contributed by atoms with Gasteiger partial charge in [0.25, 0.3) is 10.0 Å². The summed E-state index contributed by atoms with van der Waals surface area (Å²) in [5.74, 6) is -1.03. The largest absolute Gasteiger partial charge is 0.355 e. The van der Waals surface area contributed by atoms with Crippen molar-refractivity contribution in [1.82, 2.24) is 10.2 Å². The molecule has 0 saturated carbocycles. The number of hydrogen-bond acceptors (Lipinski definition) is 4. The van der Waals surface area contributed by atoms with Crippen molar-refractivity contribution in [1.29, 1.82) is 0 Å². The van der Waals surface area contributed by atoms with Gasteiger partial charge in [0.1, 0.15) is 12.6 Å². The molecule has 236 valence electrons. The summed E-state index contributed by atoms with van der Waals surface area (Å²) in [7, 11) is -4.27. The van der Waals surface area contributed by atoms with E-state index in [4.69, 9.17) is 34.8 Å². The molecule has 1 atom stereocenters. The number of rotatable bonds is 12. The fraction of sp³-hybridized carbons (Fsp3) is 0.235. The molecule has 0 saturated heterocycles. The first-order chi connectivity index (χ1) is 21.4. The molecule has 0 radical (unpaired) electrons. The maximum absolute atomic E-state index is 14.5. The van der Waals surface area contributed by atoms with E-state index in [0.717, 1.165) is 15.4 Å². The number of benzene rings is 4. The van der Waals surface area contributed by atoms with Crippen LogP contribution in [0.1, 0.15) is 29.2 Å². The van der Waals surface area contributed by atoms with Gasteiger partial charge in [-0.3, -0.25) is 13.9 Å². The highest BCUT2D eigenvalue weighted by molar-refractivity contribution is 7.92. The van der Waals surface area contributed by atoms with Crippen molar-refractivity contribution >= 4 is 62.3 Å². The van der Waals surface area contributed by atoms with Crippen LogP contribution in [-0.2, 0) is 32.6 Å². The summed E-state index contributed by atoms with van der Waals surface area (Å²) in [5, 5.41) is 3.75. The average molecular weight is 687 g/mol. The molecule has 0 fully saturated rings. The Labute approximate surface area is 279 Å². The first-order valence-corrected chi connectivity index (χ1v) is 16.9. The fourth-order valence-corrected chi connectivity index (χ4v) is 7.06. The topological polar surface area (TPSA) is 86.8 Å². The Morgan fingerprint density at radius 2 is 1.49 bits per heavy atom. The van der Waals surface area contributed by atoms with Crippen LogP contribution in [0.3, 0.4) is 0 Å². The van der Waals surface area contributed by atoms with Crippen LogP contribution in [0.2, 0.25) is 15.1 Å². The van der Waals surface area contributed by atoms with E-state index in [-0.39, 0.29) is 23.5 Å². The molecule has 2 amide bonds. The SMILES string of the molecule is CCNC(=O)[C@H](Cc1ccccc1)N(Cc1c(Cl)cccc1Cl)C(=O)CN(c1cc(Cl)ccc1C)S(=O)(=O)c1ccc(C)cc1. The van der Waals surface area contributed by atoms with Gasteiger partial charge in [-0.1, -0.05) is 95.0 Å². The molecule has 4 rings (SSSR count). The first kappa shape index (κ1) is 34.3. The van der Waals surface area contributed by atoms with E-state index in [1.165, 1.54) is 23.1 Å². The van der Waals surface area contributed by atoms with Crippen molar-refractivity contribution < 1.29 is 18.0 Å². The Morgan fingerprint density at radius 1 is 0.844 bits per heavy atom. The second-order valence-electron chi connectivity index (χ2n) is 10.6. The number of sulfonamides is 1. The van der Waals surface area contributed by atoms with Crippen LogP contribution in [0.5, 0.6) is 0 Å². The van der Waals surface area contributed by atoms with Gasteiger partial charge in [-0.15, -0.1) is 0 Å². The van der Waals surface area contributed by atoms with Gasteiger partial charge in [0, 0.05) is 40.1 Å². The predicted octanol–water partition coefficient (Wildman–Crippen LogP) is 7.24. The Morgan fingerprint density at radius 3 is 2.11 bits per heavy atom. The maximum Gasteiger partial charge on any atom is 0.264 e. The van der Waals surface area contributed by atoms with Crippen molar-refractivity contribution in [3.63, 3.8) is 0 Å². The second-order valence-corrected chi connectivity index (χ2v) is 13.7. The smallest absolute Gasteiger partial charge is 0.264 e. The second kappa shape index (κ2) is 15.1. The minimum Gasteiger partial charge on any atom is -0.355 e. The lowest BCUT2D eigenvalue weighted by atomic mass is 10.0. The summed E-state index contributed by atoms with van der Waals surface area (Å²) in [5.41, 5.74) is 2.96. The minimum absolute atomic E-state index is 0.00513. The number of carbonyl (C=O) groups excluding carboxylic acids is 2. The zero-order valence-electron chi connectivity index (χ0n) is 25.1. The van der Waals surface area contributed by atoms with Crippen LogP contribution in [0.25, 0.3) is 0 Å². The molecule has 0 unspecified atom stereocenters. The van der Waals surface area contributed by atoms with Gasteiger partial charge in [-0.05, 0) is 68.3 Å². The quantitative estimate of drug-likeness (QED) is 0.170. The van der Waals surface area contributed by atoms with Crippen molar-refractivity contribution in [3.05, 3.63) is 128 Å². The number of aryl methyl sites for hydroxylation is 2. The van der Waals surface area contributed by atoms with Crippen molar-refractivity contribution in [2.24, 2.45) is 0 Å². The third kappa shape index (κ3) is 8.38. The highest BCUT2D eigenvalue weighted by atomic mass is 35.5. The summed E-state index contributed by atoms with van der Waals surface area (Å²) in [6.07, 6.45) is 0.168. The number of nitrogens with one attached hydrogen (secondary N) is 1. The Bertz CT molecular complexity index is 1750. The molecular formula is C34H34Cl3N3O4S. The van der Waals surface area contributed by atoms with E-state index in [1.54, 1.807) is 56.3 Å². The fourth-order valence-electron chi connectivity index (χ4n) is 4.90. The molecule has 0 aliphatic heterocycles. The number of amides is 2. The van der Waals surface area contributed by atoms with Gasteiger partial charge in [0.15, 0.2) is 0 Å². The predicted molar refractivity (Wildman–Crippen MR) is 182 cm³/mol.